The van der Waals surface area contributed by atoms with Gasteiger partial charge in [0.1, 0.15) is 0 Å². The Bertz CT molecular complexity index is 2490. The number of aliphatic hydroxyl groups is 4. The lowest BCUT2D eigenvalue weighted by atomic mass is 10.1. The van der Waals surface area contributed by atoms with Crippen LogP contribution in [-0.2, 0) is 52.0 Å². The Hall–Kier alpha value is -5.53. The van der Waals surface area contributed by atoms with E-state index in [2.05, 4.69) is 71.6 Å². The summed E-state index contributed by atoms with van der Waals surface area (Å²) in [4.78, 5) is 8.47. The number of hydrogen-bond donors (Lipinski definition) is 18. The molecule has 37 heteroatoms. The van der Waals surface area contributed by atoms with Gasteiger partial charge in [0.2, 0.25) is 0 Å². The highest BCUT2D eigenvalue weighted by Gasteiger charge is 2.08. The Labute approximate surface area is 475 Å². The maximum absolute atomic E-state index is 8.89. The molecule has 4 aromatic rings. The summed E-state index contributed by atoms with van der Waals surface area (Å²) in [6, 6.07) is 23.8. The van der Waals surface area contributed by atoms with Crippen LogP contribution >= 0.6 is 0 Å². The van der Waals surface area contributed by atoms with Gasteiger partial charge in [0.25, 0.3) is 0 Å². The molecule has 472 valence electrons. The molecule has 32 nitrogen and oxygen atoms in total. The minimum atomic E-state index is -4.67. The van der Waals surface area contributed by atoms with Crippen LogP contribution in [0.5, 0.6) is 0 Å². The molecule has 4 aromatic carbocycles. The lowest BCUT2D eigenvalue weighted by Crippen LogP contribution is -2.26. The highest BCUT2D eigenvalue weighted by molar-refractivity contribution is 7.80. The zero-order valence-electron chi connectivity index (χ0n) is 45.9. The summed E-state index contributed by atoms with van der Waals surface area (Å²) in [5.74, 6) is 0. The van der Waals surface area contributed by atoms with E-state index in [9.17, 15) is 0 Å². The molecular weight excluding hydrogens is 1180 g/mol. The van der Waals surface area contributed by atoms with Crippen molar-refractivity contribution in [1.82, 2.24) is 0 Å². The molecule has 0 radical (unpaired) electrons. The average molecular weight is 1270 g/mol. The van der Waals surface area contributed by atoms with Crippen molar-refractivity contribution >= 4 is 97.5 Å². The van der Waals surface area contributed by atoms with E-state index in [1.54, 1.807) is 0 Å². The molecule has 0 amide bonds. The smallest absolute Gasteiger partial charge is 0.394 e. The van der Waals surface area contributed by atoms with Crippen molar-refractivity contribution in [2.75, 3.05) is 121 Å². The van der Waals surface area contributed by atoms with Crippen LogP contribution in [0.4, 0.5) is 45.5 Å². The van der Waals surface area contributed by atoms with E-state index < -0.39 is 52.0 Å². The molecule has 4 rings (SSSR count). The van der Waals surface area contributed by atoms with Gasteiger partial charge in [-0.1, -0.05) is 0 Å². The van der Waals surface area contributed by atoms with Crippen molar-refractivity contribution < 1.29 is 108 Å². The topological polar surface area (TPSA) is 571 Å². The van der Waals surface area contributed by atoms with Crippen LogP contribution in [0.3, 0.4) is 0 Å². The Morgan fingerprint density at radius 2 is 0.432 bits per heavy atom. The lowest BCUT2D eigenvalue weighted by Gasteiger charge is -2.22. The number of likely N-dealkylation sites (N-methyl/N-ethyl adjacent to an activating group) is 4. The van der Waals surface area contributed by atoms with E-state index in [1.807, 2.05) is 76.2 Å². The minimum Gasteiger partial charge on any atom is -0.399 e. The van der Waals surface area contributed by atoms with Gasteiger partial charge in [0.05, 0.1) is 26.4 Å². The Morgan fingerprint density at radius 1 is 0.309 bits per heavy atom. The Balaban J connectivity index is -0.000000278. The third kappa shape index (κ3) is 57.5. The van der Waals surface area contributed by atoms with Crippen LogP contribution < -0.4 is 42.5 Å². The second kappa shape index (κ2) is 43.2. The minimum absolute atomic E-state index is 0.178. The first-order valence-electron chi connectivity index (χ1n) is 23.1. The highest BCUT2D eigenvalue weighted by Crippen LogP contribution is 2.23. The quantitative estimate of drug-likeness (QED) is 0.0565. The third-order valence-electron chi connectivity index (χ3n) is 9.48. The van der Waals surface area contributed by atoms with Crippen molar-refractivity contribution in [3.63, 3.8) is 0 Å². The highest BCUT2D eigenvalue weighted by atomic mass is 32.3. The fraction of sp³-hybridized carbons (Fsp3) is 0.455. The molecule has 0 aliphatic carbocycles. The van der Waals surface area contributed by atoms with Gasteiger partial charge in [-0.15, -0.1) is 0 Å². The number of nitrogen functional groups attached to an aromatic ring is 4. The molecule has 0 atom stereocenters. The second-order valence-corrected chi connectivity index (χ2v) is 20.1. The van der Waals surface area contributed by atoms with E-state index in [0.29, 0.717) is 26.2 Å². The molecule has 0 saturated heterocycles. The molecule has 0 bridgehead atoms. The zero-order chi connectivity index (χ0) is 64.7. The molecule has 0 aliphatic rings. The molecule has 0 fully saturated rings. The molecule has 0 aliphatic heterocycles. The number of aliphatic hydroxyl groups excluding tert-OH is 4. The summed E-state index contributed by atoms with van der Waals surface area (Å²) in [5, 5.41) is 35.5. The normalized spacial score (nSPS) is 10.6. The van der Waals surface area contributed by atoms with Gasteiger partial charge in [-0.3, -0.25) is 45.5 Å². The fourth-order valence-corrected chi connectivity index (χ4v) is 5.79. The predicted octanol–water partition coefficient (Wildman–Crippen LogP) is 2.32. The van der Waals surface area contributed by atoms with Crippen LogP contribution in [0, 0.1) is 27.7 Å². The zero-order valence-corrected chi connectivity index (χ0v) is 50.0. The monoisotopic (exact) mass is 1270 g/mol. The van der Waals surface area contributed by atoms with E-state index in [0.717, 1.165) is 93.9 Å². The van der Waals surface area contributed by atoms with Crippen molar-refractivity contribution in [3.05, 3.63) is 95.1 Å². The van der Waals surface area contributed by atoms with Crippen molar-refractivity contribution in [2.45, 2.75) is 55.4 Å². The molecule has 0 unspecified atom stereocenters. The fourth-order valence-electron chi connectivity index (χ4n) is 5.79. The standard InChI is InChI=1S/4C11H18N2O.5H2O4S/c4*1-3-13(6-7-14)10-4-5-11(12)9(2)8-10;5*1-5(2,3)4/h4*4-5,8,14H,3,6-7,12H2,1-2H3;5*(H2,1,2,3,4). The van der Waals surface area contributed by atoms with Gasteiger partial charge in [-0.05, 0) is 150 Å². The predicted molar refractivity (Wildman–Crippen MR) is 313 cm³/mol. The SMILES string of the molecule is CCN(CCO)c1ccc(N)c(C)c1.CCN(CCO)c1ccc(N)c(C)c1.CCN(CCO)c1ccc(N)c(C)c1.CCN(CCO)c1ccc(N)c(C)c1.O=S(=O)(O)O.O=S(=O)(O)O.O=S(=O)(O)O.O=S(=O)(O)O.O=S(=O)(O)O. The number of nitrogens with zero attached hydrogens (tertiary/aromatic N) is 4. The summed E-state index contributed by atoms with van der Waals surface area (Å²) >= 11 is 0. The van der Waals surface area contributed by atoms with Crippen LogP contribution in [0.15, 0.2) is 72.8 Å². The molecule has 0 aromatic heterocycles. The molecular formula is C44H82N8O24S5. The summed E-state index contributed by atoms with van der Waals surface area (Å²) in [6.45, 7) is 23.2. The molecule has 0 spiro atoms. The van der Waals surface area contributed by atoms with Gasteiger partial charge in [0.15, 0.2) is 0 Å². The van der Waals surface area contributed by atoms with Crippen molar-refractivity contribution in [3.8, 4) is 0 Å². The van der Waals surface area contributed by atoms with Crippen LogP contribution in [0.25, 0.3) is 0 Å². The van der Waals surface area contributed by atoms with E-state index in [-0.39, 0.29) is 26.4 Å². The summed E-state index contributed by atoms with van der Waals surface area (Å²) < 4.78 is 158. The average Bonchev–Trinajstić information content (AvgIpc) is 3.30. The number of anilines is 8. The summed E-state index contributed by atoms with van der Waals surface area (Å²) in [7, 11) is -23.3. The third-order valence-corrected chi connectivity index (χ3v) is 9.48. The van der Waals surface area contributed by atoms with Gasteiger partial charge in [-0.25, -0.2) is 0 Å². The number of benzene rings is 4. The van der Waals surface area contributed by atoms with Crippen molar-refractivity contribution in [2.24, 2.45) is 0 Å². The maximum Gasteiger partial charge on any atom is 0.394 e. The number of nitrogens with two attached hydrogens (primary N) is 4. The number of rotatable bonds is 16. The Morgan fingerprint density at radius 3 is 0.519 bits per heavy atom. The second-order valence-electron chi connectivity index (χ2n) is 15.6. The largest absolute Gasteiger partial charge is 0.399 e. The van der Waals surface area contributed by atoms with Gasteiger partial charge in [0, 0.05) is 97.9 Å². The van der Waals surface area contributed by atoms with Gasteiger partial charge < -0.3 is 63.0 Å². The Kier molecular flexibility index (Phi) is 44.9. The maximum atomic E-state index is 8.89. The molecule has 81 heavy (non-hydrogen) atoms. The van der Waals surface area contributed by atoms with Gasteiger partial charge >= 0.3 is 52.0 Å². The lowest BCUT2D eigenvalue weighted by molar-refractivity contribution is 0.302. The van der Waals surface area contributed by atoms with E-state index in [4.69, 9.17) is 131 Å². The first kappa shape index (κ1) is 84.3. The van der Waals surface area contributed by atoms with E-state index >= 15 is 0 Å². The first-order valence-corrected chi connectivity index (χ1v) is 30.1. The summed E-state index contributed by atoms with van der Waals surface area (Å²) in [5.41, 5.74) is 35.0. The number of aryl methyl sites for hydroxylation is 4. The molecule has 0 heterocycles. The van der Waals surface area contributed by atoms with Crippen LogP contribution in [0.1, 0.15) is 49.9 Å². The van der Waals surface area contributed by atoms with Crippen LogP contribution in [-0.4, -0.2) is 187 Å². The summed E-state index contributed by atoms with van der Waals surface area (Å²) in [6.07, 6.45) is 0. The van der Waals surface area contributed by atoms with E-state index in [1.165, 1.54) is 0 Å². The van der Waals surface area contributed by atoms with Crippen LogP contribution in [0.2, 0.25) is 0 Å². The van der Waals surface area contributed by atoms with Crippen molar-refractivity contribution in [1.29, 1.82) is 0 Å². The molecule has 22 N–H and O–H groups in total. The number of hydrogen-bond acceptors (Lipinski definition) is 22. The first-order chi connectivity index (χ1) is 36.7. The van der Waals surface area contributed by atoms with Gasteiger partial charge in [-0.2, -0.15) is 42.1 Å². The molecule has 0 saturated carbocycles.